The summed E-state index contributed by atoms with van der Waals surface area (Å²) in [6.45, 7) is 21.5. The number of likely N-dealkylation sites (tertiary alicyclic amines) is 2. The highest BCUT2D eigenvalue weighted by molar-refractivity contribution is 7.99. The van der Waals surface area contributed by atoms with E-state index in [-0.39, 0.29) is 78.0 Å². The van der Waals surface area contributed by atoms with Gasteiger partial charge in [-0.15, -0.1) is 23.1 Å². The molecule has 1 aromatic heterocycles. The number of sulfone groups is 1. The summed E-state index contributed by atoms with van der Waals surface area (Å²) < 4.78 is 77.7. The van der Waals surface area contributed by atoms with Gasteiger partial charge in [0.1, 0.15) is 17.0 Å². The number of thioether (sulfide) groups is 1. The monoisotopic (exact) mass is 1580 g/mol. The highest BCUT2D eigenvalue weighted by Crippen LogP contribution is 2.45. The van der Waals surface area contributed by atoms with E-state index in [1.165, 1.54) is 45.5 Å². The van der Waals surface area contributed by atoms with Crippen molar-refractivity contribution in [2.24, 2.45) is 10.8 Å². The maximum atomic E-state index is 14.4. The van der Waals surface area contributed by atoms with Gasteiger partial charge in [0.25, 0.3) is 15.7 Å². The summed E-state index contributed by atoms with van der Waals surface area (Å²) in [6.07, 6.45) is 4.62. The first kappa shape index (κ1) is 81.9. The van der Waals surface area contributed by atoms with E-state index in [1.807, 2.05) is 119 Å². The van der Waals surface area contributed by atoms with Crippen LogP contribution in [0.15, 0.2) is 147 Å². The molecule has 2 unspecified atom stereocenters. The number of anilines is 2. The molecule has 0 saturated carbocycles. The molecule has 6 atom stereocenters. The van der Waals surface area contributed by atoms with Crippen LogP contribution in [0.5, 0.6) is 0 Å². The van der Waals surface area contributed by atoms with E-state index in [0.29, 0.717) is 42.5 Å². The minimum Gasteiger partial charge on any atom is -0.391 e. The number of carbonyl (C=O) groups excluding carboxylic acids is 5. The van der Waals surface area contributed by atoms with E-state index in [0.717, 1.165) is 148 Å². The maximum absolute atomic E-state index is 14.4. The third-order valence-electron chi connectivity index (χ3n) is 21.2. The lowest BCUT2D eigenvalue weighted by atomic mass is 9.71. The molecule has 0 radical (unpaired) electrons. The smallest absolute Gasteiger partial charge is 0.391 e. The van der Waals surface area contributed by atoms with Crippen molar-refractivity contribution in [2.75, 3.05) is 108 Å². The lowest BCUT2D eigenvalue weighted by Gasteiger charge is -2.44. The standard InChI is InChI=1S/C80H101ClF3N11O9S4/c1-53(55-15-17-57(18-16-55)73-54(2)85-52-106-73)86-76(100)69-45-64(96)49-95(69)77(101)74(78(3,4)5)89-72(98)14-10-13-71(97)88-61-30-35-93(36-31-61)51-79(6)33-29-67(56-19-23-60(81)24-20-56)59(47-79)48-92-37-39-94(40-38-92)63-25-21-58(22-26-63)75(99)90-107-66-27-28-68(70(46-66)108(102,103)80(82,83)84)87-62(32-34-91-41-43-104-44-42-91)50-105-65-11-8-7-9-12-65/h7-9,11-12,15-28,46,52-53,61-62,64,69,74,87,96H,10,13-14,29-45,47-51H2,1-6H3,(H,86,100)(H,88,97)(H,89,98)(H,90,99)/t53-,62+,64+,69-,74?,79?/m0/s1. The summed E-state index contributed by atoms with van der Waals surface area (Å²) in [6, 6.07) is 34.0. The number of allylic oxidation sites excluding steroid dienone is 1. The Morgan fingerprint density at radius 2 is 1.49 bits per heavy atom. The predicted molar refractivity (Wildman–Crippen MR) is 423 cm³/mol. The maximum Gasteiger partial charge on any atom is 0.501 e. The summed E-state index contributed by atoms with van der Waals surface area (Å²) in [5.74, 6) is -1.36. The number of alkyl halides is 3. The molecular formula is C80H101ClF3N11O9S4. The summed E-state index contributed by atoms with van der Waals surface area (Å²) >= 11 is 10.2. The van der Waals surface area contributed by atoms with Gasteiger partial charge in [-0.3, -0.25) is 38.5 Å². The van der Waals surface area contributed by atoms with Crippen molar-refractivity contribution in [2.45, 2.75) is 162 Å². The Kier molecular flexibility index (Phi) is 28.0. The molecule has 4 fully saturated rings. The van der Waals surface area contributed by atoms with Crippen molar-refractivity contribution in [1.82, 2.24) is 45.3 Å². The molecule has 11 rings (SSSR count). The molecule has 582 valence electrons. The van der Waals surface area contributed by atoms with E-state index in [9.17, 15) is 50.7 Å². The number of hydrogen-bond acceptors (Lipinski definition) is 18. The van der Waals surface area contributed by atoms with Gasteiger partial charge in [0, 0.05) is 142 Å². The van der Waals surface area contributed by atoms with Crippen LogP contribution in [0, 0.1) is 17.8 Å². The molecule has 1 aliphatic carbocycles. The number of hydrogen-bond donors (Lipinski definition) is 6. The van der Waals surface area contributed by atoms with Gasteiger partial charge < -0.3 is 45.8 Å². The number of morpholine rings is 1. The van der Waals surface area contributed by atoms with Gasteiger partial charge in [0.05, 0.1) is 47.1 Å². The number of amides is 5. The highest BCUT2D eigenvalue weighted by atomic mass is 35.5. The molecule has 6 aromatic rings. The molecule has 5 amide bonds. The fraction of sp³-hybridized carbons (Fsp3) is 0.500. The van der Waals surface area contributed by atoms with Gasteiger partial charge in [-0.25, -0.2) is 13.4 Å². The van der Waals surface area contributed by atoms with Gasteiger partial charge >= 0.3 is 5.51 Å². The first-order chi connectivity index (χ1) is 51.5. The number of thiazole rings is 1. The zero-order valence-corrected chi connectivity index (χ0v) is 66.3. The number of ether oxygens (including phenoxy) is 1. The van der Waals surface area contributed by atoms with Crippen molar-refractivity contribution in [3.63, 3.8) is 0 Å². The molecule has 6 N–H and O–H groups in total. The molecule has 20 nitrogen and oxygen atoms in total. The van der Waals surface area contributed by atoms with Crippen LogP contribution < -0.4 is 30.9 Å². The van der Waals surface area contributed by atoms with Crippen LogP contribution in [0.4, 0.5) is 24.5 Å². The van der Waals surface area contributed by atoms with E-state index in [4.69, 9.17) is 16.3 Å². The van der Waals surface area contributed by atoms with Crippen LogP contribution in [-0.2, 0) is 33.8 Å². The molecule has 0 bridgehead atoms. The van der Waals surface area contributed by atoms with Crippen molar-refractivity contribution >= 4 is 103 Å². The summed E-state index contributed by atoms with van der Waals surface area (Å²) in [5, 5.41) is 23.8. The number of benzene rings is 5. The number of piperazine rings is 1. The molecule has 28 heteroatoms. The number of halogens is 4. The number of nitrogens with one attached hydrogen (secondary N) is 5. The number of aliphatic hydroxyl groups is 1. The van der Waals surface area contributed by atoms with Crippen LogP contribution in [0.3, 0.4) is 0 Å². The first-order valence-electron chi connectivity index (χ1n) is 37.4. The first-order valence-corrected chi connectivity index (χ1v) is 41.9. The molecule has 4 saturated heterocycles. The minimum absolute atomic E-state index is 0.00246. The molecule has 5 aromatic carbocycles. The zero-order chi connectivity index (χ0) is 76.9. The average molecular weight is 1580 g/mol. The Bertz CT molecular complexity index is 4210. The number of aromatic nitrogens is 1. The lowest BCUT2D eigenvalue weighted by Crippen LogP contribution is -2.57. The second-order valence-corrected chi connectivity index (χ2v) is 35.8. The molecule has 4 aliphatic heterocycles. The number of rotatable bonds is 29. The van der Waals surface area contributed by atoms with Crippen molar-refractivity contribution < 1.29 is 55.4 Å². The minimum atomic E-state index is -5.81. The number of nitrogens with zero attached hydrogens (tertiary/aromatic N) is 6. The van der Waals surface area contributed by atoms with Gasteiger partial charge in [0.15, 0.2) is 0 Å². The molecule has 108 heavy (non-hydrogen) atoms. The summed E-state index contributed by atoms with van der Waals surface area (Å²) in [4.78, 5) is 85.3. The Hall–Kier alpha value is -7.05. The molecule has 5 aliphatic rings. The lowest BCUT2D eigenvalue weighted by molar-refractivity contribution is -0.144. The quantitative estimate of drug-likeness (QED) is 0.0189. The van der Waals surface area contributed by atoms with Crippen molar-refractivity contribution in [3.05, 3.63) is 160 Å². The molecular weight excluding hydrogens is 1480 g/mol. The van der Waals surface area contributed by atoms with Crippen LogP contribution >= 0.6 is 46.6 Å². The molecule has 5 heterocycles. The van der Waals surface area contributed by atoms with Gasteiger partial charge in [-0.1, -0.05) is 99.5 Å². The van der Waals surface area contributed by atoms with Gasteiger partial charge in [-0.05, 0) is 171 Å². The molecule has 0 spiro atoms. The summed E-state index contributed by atoms with van der Waals surface area (Å²) in [7, 11) is -5.81. The van der Waals surface area contributed by atoms with Crippen LogP contribution in [0.2, 0.25) is 5.02 Å². The van der Waals surface area contributed by atoms with E-state index >= 15 is 0 Å². The largest absolute Gasteiger partial charge is 0.501 e. The Morgan fingerprint density at radius 3 is 2.16 bits per heavy atom. The van der Waals surface area contributed by atoms with Crippen LogP contribution in [-0.4, -0.2) is 201 Å². The highest BCUT2D eigenvalue weighted by Gasteiger charge is 2.49. The number of aryl methyl sites for hydroxylation is 1. The Morgan fingerprint density at radius 1 is 0.806 bits per heavy atom. The van der Waals surface area contributed by atoms with Crippen LogP contribution in [0.25, 0.3) is 16.0 Å². The van der Waals surface area contributed by atoms with Gasteiger partial charge in [-0.2, -0.15) is 13.2 Å². The topological polar surface area (TPSA) is 238 Å². The zero-order valence-electron chi connectivity index (χ0n) is 62.3. The normalized spacial score (nSPS) is 20.4. The summed E-state index contributed by atoms with van der Waals surface area (Å²) in [5.41, 5.74) is 3.43. The van der Waals surface area contributed by atoms with Crippen LogP contribution in [0.1, 0.15) is 132 Å². The fourth-order valence-electron chi connectivity index (χ4n) is 15.1. The van der Waals surface area contributed by atoms with Crippen molar-refractivity contribution in [3.8, 4) is 10.4 Å². The second kappa shape index (κ2) is 36.9. The third kappa shape index (κ3) is 22.0. The van der Waals surface area contributed by atoms with E-state index in [1.54, 1.807) is 23.5 Å². The van der Waals surface area contributed by atoms with Gasteiger partial charge in [0.2, 0.25) is 23.6 Å². The number of aliphatic hydroxyl groups excluding tert-OH is 1. The van der Waals surface area contributed by atoms with Crippen molar-refractivity contribution in [1.29, 1.82) is 0 Å². The van der Waals surface area contributed by atoms with E-state index < -0.39 is 61.7 Å². The number of piperidine rings is 1. The number of carbonyl (C=O) groups is 5. The number of β-amino-alcohol motifs (C(OH)–C–C–N with tert-alkyl or cyclic N) is 1. The Balaban J connectivity index is 0.625. The fourth-order valence-corrected chi connectivity index (χ4v) is 18.7. The predicted octanol–water partition coefficient (Wildman–Crippen LogP) is 12.7. The Labute approximate surface area is 650 Å². The SMILES string of the molecule is Cc1ncsc1-c1ccc([C@H](C)NC(=O)[C@@H]2C[C@@H](O)CN2C(=O)C(NC(=O)CCCC(=O)NC2CCN(CC3(C)CCC(c4ccc(Cl)cc4)=C(CN4CCN(c5ccc(C(=O)NSc6ccc(N[C@H](CCN7CCOCC7)CSc7ccccc7)c(S(=O)(=O)C(F)(F)F)c6)cc5)CC4)C3)CC2)C(C)(C)C)cc1. The van der Waals surface area contributed by atoms with E-state index in [2.05, 4.69) is 69.6 Å². The second-order valence-electron chi connectivity index (χ2n) is 30.6. The third-order valence-corrected chi connectivity index (χ3v) is 25.9. The average Bonchev–Trinajstić information content (AvgIpc) is 0.879.